The summed E-state index contributed by atoms with van der Waals surface area (Å²) in [6.45, 7) is 4.76. The number of rotatable bonds is 6. The first kappa shape index (κ1) is 33.0. The Labute approximate surface area is 338 Å². The fourth-order valence-electron chi connectivity index (χ4n) is 10.2. The molecule has 0 bridgehead atoms. The summed E-state index contributed by atoms with van der Waals surface area (Å²) in [4.78, 5) is 4.66. The number of anilines is 6. The van der Waals surface area contributed by atoms with Crippen LogP contribution in [-0.2, 0) is 5.41 Å². The van der Waals surface area contributed by atoms with Gasteiger partial charge in [0.25, 0.3) is 6.71 Å². The van der Waals surface area contributed by atoms with Crippen molar-refractivity contribution < 1.29 is 4.74 Å². The summed E-state index contributed by atoms with van der Waals surface area (Å²) in [5.74, 6) is 1.75. The van der Waals surface area contributed by atoms with Crippen molar-refractivity contribution >= 4 is 68.1 Å². The molecule has 2 aliphatic heterocycles. The van der Waals surface area contributed by atoms with Gasteiger partial charge in [-0.15, -0.1) is 0 Å². The number of benzene rings is 8. The topological polar surface area (TPSA) is 20.6 Å². The average molecular weight is 744 g/mol. The summed E-state index contributed by atoms with van der Waals surface area (Å²) >= 11 is 0. The molecule has 0 spiro atoms. The third-order valence-electron chi connectivity index (χ3n) is 12.5. The molecule has 274 valence electrons. The van der Waals surface area contributed by atoms with Crippen molar-refractivity contribution in [3.63, 3.8) is 0 Å². The predicted molar refractivity (Wildman–Crippen MR) is 241 cm³/mol. The van der Waals surface area contributed by atoms with Gasteiger partial charge in [0.2, 0.25) is 0 Å². The molecule has 9 aromatic rings. The molecule has 0 saturated carbocycles. The Balaban J connectivity index is 1.15. The van der Waals surface area contributed by atoms with E-state index in [4.69, 9.17) is 4.74 Å². The van der Waals surface area contributed by atoms with Crippen LogP contribution in [0.15, 0.2) is 194 Å². The zero-order chi connectivity index (χ0) is 38.5. The van der Waals surface area contributed by atoms with Crippen LogP contribution in [0.2, 0.25) is 0 Å². The molecular formula is C53H38BN3O. The van der Waals surface area contributed by atoms with Crippen LogP contribution in [0.4, 0.5) is 34.1 Å². The second-order valence-corrected chi connectivity index (χ2v) is 16.1. The summed E-state index contributed by atoms with van der Waals surface area (Å²) in [7, 11) is 0. The predicted octanol–water partition coefficient (Wildman–Crippen LogP) is 11.8. The van der Waals surface area contributed by atoms with Crippen molar-refractivity contribution in [2.45, 2.75) is 19.3 Å². The van der Waals surface area contributed by atoms with Gasteiger partial charge >= 0.3 is 0 Å². The molecule has 1 aliphatic carbocycles. The first-order valence-corrected chi connectivity index (χ1v) is 20.1. The third kappa shape index (κ3) is 4.64. The van der Waals surface area contributed by atoms with Gasteiger partial charge in [-0.1, -0.05) is 135 Å². The number of ether oxygens (including phenoxy) is 1. The van der Waals surface area contributed by atoms with Crippen molar-refractivity contribution in [1.82, 2.24) is 4.57 Å². The van der Waals surface area contributed by atoms with Crippen molar-refractivity contribution in [2.24, 2.45) is 0 Å². The Kier molecular flexibility index (Phi) is 7.04. The number of hydrogen-bond acceptors (Lipinski definition) is 3. The lowest BCUT2D eigenvalue weighted by molar-refractivity contribution is 0.487. The number of hydrogen-bond donors (Lipinski definition) is 0. The molecule has 3 heterocycles. The lowest BCUT2D eigenvalue weighted by Crippen LogP contribution is -2.58. The lowest BCUT2D eigenvalue weighted by Gasteiger charge is -2.36. The van der Waals surface area contributed by atoms with Gasteiger partial charge in [-0.2, -0.15) is 0 Å². The van der Waals surface area contributed by atoms with E-state index >= 15 is 0 Å². The monoisotopic (exact) mass is 743 g/mol. The first-order chi connectivity index (χ1) is 28.6. The van der Waals surface area contributed by atoms with E-state index in [-0.39, 0.29) is 12.1 Å². The molecule has 12 rings (SSSR count). The lowest BCUT2D eigenvalue weighted by atomic mass is 9.34. The van der Waals surface area contributed by atoms with Gasteiger partial charge < -0.3 is 19.1 Å². The highest BCUT2D eigenvalue weighted by atomic mass is 16.5. The molecular weight excluding hydrogens is 705 g/mol. The molecule has 0 atom stereocenters. The van der Waals surface area contributed by atoms with Gasteiger partial charge in [0, 0.05) is 68.1 Å². The summed E-state index contributed by atoms with van der Waals surface area (Å²) in [6.07, 6.45) is 0. The van der Waals surface area contributed by atoms with Crippen LogP contribution in [0.25, 0.3) is 27.8 Å². The van der Waals surface area contributed by atoms with Crippen LogP contribution in [0.3, 0.4) is 0 Å². The van der Waals surface area contributed by atoms with Crippen LogP contribution in [-0.4, -0.2) is 11.3 Å². The van der Waals surface area contributed by atoms with E-state index in [9.17, 15) is 0 Å². The molecule has 1 aromatic heterocycles. The SMILES string of the molecule is CC1(C)c2ccccc2-c2c1c1cccc3c1n2-c1cc(N(c2ccccc2)c2ccccc2)cc2c1B3c1ccc(N(c3ccccc3)c3ccccc3)cc1O2. The maximum Gasteiger partial charge on any atom is 0.256 e. The van der Waals surface area contributed by atoms with E-state index in [1.54, 1.807) is 0 Å². The van der Waals surface area contributed by atoms with Gasteiger partial charge in [-0.25, -0.2) is 0 Å². The standard InChI is InChI=1S/C53H38BN3O/c1-53(2)43-28-16-15-26-41(43)52-49(53)42-27-17-29-45-51(42)57(52)46-32-40(56(37-22-11-5-12-23-37)38-24-13-6-14-25-38)34-48-50(46)54(45)44-31-30-39(33-47(44)58-48)55(35-18-7-3-8-19-35)36-20-9-4-10-21-36/h3-34H,1-2H3. The van der Waals surface area contributed by atoms with Gasteiger partial charge in [-0.05, 0) is 88.2 Å². The fourth-order valence-corrected chi connectivity index (χ4v) is 10.2. The van der Waals surface area contributed by atoms with E-state index in [0.717, 1.165) is 51.3 Å². The van der Waals surface area contributed by atoms with Gasteiger partial charge in [-0.3, -0.25) is 0 Å². The van der Waals surface area contributed by atoms with E-state index in [1.165, 1.54) is 49.7 Å². The zero-order valence-electron chi connectivity index (χ0n) is 32.3. The molecule has 4 nitrogen and oxygen atoms in total. The molecule has 0 fully saturated rings. The minimum Gasteiger partial charge on any atom is -0.458 e. The minimum atomic E-state index is -0.170. The quantitative estimate of drug-likeness (QED) is 0.158. The average Bonchev–Trinajstić information content (AvgIpc) is 3.75. The van der Waals surface area contributed by atoms with Crippen LogP contribution >= 0.6 is 0 Å². The first-order valence-electron chi connectivity index (χ1n) is 20.1. The fraction of sp³-hybridized carbons (Fsp3) is 0.0566. The van der Waals surface area contributed by atoms with Crippen LogP contribution < -0.4 is 30.9 Å². The Morgan fingerprint density at radius 2 is 1.03 bits per heavy atom. The molecule has 58 heavy (non-hydrogen) atoms. The van der Waals surface area contributed by atoms with E-state index in [1.807, 2.05) is 0 Å². The molecule has 3 aliphatic rings. The Hall–Kier alpha value is -7.24. The number of para-hydroxylation sites is 5. The van der Waals surface area contributed by atoms with Gasteiger partial charge in [0.1, 0.15) is 11.5 Å². The van der Waals surface area contributed by atoms with Gasteiger partial charge in [0.15, 0.2) is 0 Å². The number of nitrogens with zero attached hydrogens (tertiary/aromatic N) is 3. The normalized spacial score (nSPS) is 13.6. The van der Waals surface area contributed by atoms with Crippen LogP contribution in [0.1, 0.15) is 25.0 Å². The maximum absolute atomic E-state index is 7.30. The molecule has 5 heteroatoms. The summed E-state index contributed by atoms with van der Waals surface area (Å²) in [5, 5.41) is 1.32. The minimum absolute atomic E-state index is 0.0229. The van der Waals surface area contributed by atoms with E-state index < -0.39 is 0 Å². The Bertz CT molecular complexity index is 2990. The van der Waals surface area contributed by atoms with Crippen molar-refractivity contribution in [3.05, 3.63) is 205 Å². The van der Waals surface area contributed by atoms with Crippen molar-refractivity contribution in [2.75, 3.05) is 9.80 Å². The molecule has 8 aromatic carbocycles. The smallest absolute Gasteiger partial charge is 0.256 e. The summed E-state index contributed by atoms with van der Waals surface area (Å²) in [5.41, 5.74) is 17.8. The van der Waals surface area contributed by atoms with E-state index in [2.05, 4.69) is 222 Å². The maximum atomic E-state index is 7.30. The second-order valence-electron chi connectivity index (χ2n) is 16.1. The molecule has 0 N–H and O–H groups in total. The molecule has 0 unspecified atom stereocenters. The second kappa shape index (κ2) is 12.4. The highest BCUT2D eigenvalue weighted by Gasteiger charge is 2.46. The van der Waals surface area contributed by atoms with Crippen molar-refractivity contribution in [3.8, 4) is 28.4 Å². The summed E-state index contributed by atoms with van der Waals surface area (Å²) < 4.78 is 9.88. The van der Waals surface area contributed by atoms with Crippen LogP contribution in [0, 0.1) is 0 Å². The van der Waals surface area contributed by atoms with Gasteiger partial charge in [0.05, 0.1) is 11.4 Å². The zero-order valence-corrected chi connectivity index (χ0v) is 32.3. The molecule has 0 amide bonds. The third-order valence-corrected chi connectivity index (χ3v) is 12.5. The van der Waals surface area contributed by atoms with Crippen LogP contribution in [0.5, 0.6) is 11.5 Å². The number of aromatic nitrogens is 1. The Morgan fingerprint density at radius 1 is 0.483 bits per heavy atom. The molecule has 0 saturated heterocycles. The molecule has 0 radical (unpaired) electrons. The largest absolute Gasteiger partial charge is 0.458 e. The number of fused-ring (bicyclic) bond motifs is 9. The highest BCUT2D eigenvalue weighted by molar-refractivity contribution is 6.99. The van der Waals surface area contributed by atoms with Crippen molar-refractivity contribution in [1.29, 1.82) is 0 Å². The Morgan fingerprint density at radius 3 is 1.66 bits per heavy atom. The summed E-state index contributed by atoms with van der Waals surface area (Å²) in [6, 6.07) is 70.0. The highest BCUT2D eigenvalue weighted by Crippen LogP contribution is 2.54. The van der Waals surface area contributed by atoms with E-state index in [0.29, 0.717) is 0 Å².